The van der Waals surface area contributed by atoms with Crippen molar-refractivity contribution in [1.29, 1.82) is 0 Å². The first-order valence-electron chi connectivity index (χ1n) is 9.80. The molecule has 0 aliphatic rings. The lowest BCUT2D eigenvalue weighted by molar-refractivity contribution is 0.102. The van der Waals surface area contributed by atoms with Crippen molar-refractivity contribution in [3.63, 3.8) is 0 Å². The van der Waals surface area contributed by atoms with E-state index in [2.05, 4.69) is 37.7 Å². The summed E-state index contributed by atoms with van der Waals surface area (Å²) in [7, 11) is 1.70. The second-order valence-electron chi connectivity index (χ2n) is 6.73. The van der Waals surface area contributed by atoms with E-state index >= 15 is 0 Å². The van der Waals surface area contributed by atoms with Crippen molar-refractivity contribution in [2.45, 2.75) is 12.8 Å². The van der Waals surface area contributed by atoms with E-state index in [0.717, 1.165) is 38.1 Å². The second kappa shape index (κ2) is 16.2. The van der Waals surface area contributed by atoms with E-state index in [1.165, 1.54) is 5.56 Å². The van der Waals surface area contributed by atoms with E-state index in [-0.39, 0.29) is 48.7 Å². The quantitative estimate of drug-likeness (QED) is 0.352. The zero-order chi connectivity index (χ0) is 21.2. The molecule has 0 bridgehead atoms. The predicted octanol–water partition coefficient (Wildman–Crippen LogP) is 3.81. The molecule has 0 aliphatic carbocycles. The number of halogens is 3. The summed E-state index contributed by atoms with van der Waals surface area (Å²) >= 11 is 0. The van der Waals surface area contributed by atoms with Crippen molar-refractivity contribution in [2.75, 3.05) is 37.9 Å². The number of hydrogen-bond acceptors (Lipinski definition) is 7. The molecule has 0 unspecified atom stereocenters. The molecule has 33 heavy (non-hydrogen) atoms. The first-order valence-corrected chi connectivity index (χ1v) is 9.80. The molecule has 0 fully saturated rings. The number of carbonyl (C=O) groups excluding carboxylic acids is 1. The Morgan fingerprint density at radius 3 is 2.48 bits per heavy atom. The summed E-state index contributed by atoms with van der Waals surface area (Å²) in [6.45, 7) is 2.53. The van der Waals surface area contributed by atoms with Crippen molar-refractivity contribution in [1.82, 2.24) is 20.3 Å². The fraction of sp³-hybridized carbons (Fsp3) is 0.273. The molecule has 2 aromatic heterocycles. The lowest BCUT2D eigenvalue weighted by atomic mass is 10.1. The number of nitrogens with one attached hydrogen (secondary N) is 2. The minimum atomic E-state index is -0.424. The summed E-state index contributed by atoms with van der Waals surface area (Å²) in [4.78, 5) is 25.1. The molecule has 1 amide bonds. The molecule has 1 aromatic carbocycles. The van der Waals surface area contributed by atoms with Gasteiger partial charge in [-0.15, -0.1) is 37.2 Å². The van der Waals surface area contributed by atoms with Gasteiger partial charge in [0.1, 0.15) is 0 Å². The van der Waals surface area contributed by atoms with Crippen molar-refractivity contribution < 1.29 is 9.53 Å². The van der Waals surface area contributed by atoms with Crippen molar-refractivity contribution in [3.8, 4) is 11.3 Å². The van der Waals surface area contributed by atoms with Crippen molar-refractivity contribution in [3.05, 3.63) is 66.2 Å². The van der Waals surface area contributed by atoms with Crippen LogP contribution in [0.3, 0.4) is 0 Å². The Hall–Kier alpha value is -2.49. The number of nitrogen functional groups attached to an aromatic ring is 1. The van der Waals surface area contributed by atoms with Crippen LogP contribution in [0.4, 0.5) is 11.5 Å². The van der Waals surface area contributed by atoms with Gasteiger partial charge in [0, 0.05) is 25.4 Å². The van der Waals surface area contributed by atoms with Gasteiger partial charge in [0.2, 0.25) is 0 Å². The average Bonchev–Trinajstić information content (AvgIpc) is 2.77. The third kappa shape index (κ3) is 9.49. The summed E-state index contributed by atoms with van der Waals surface area (Å²) < 4.78 is 5.01. The number of carbonyl (C=O) groups is 1. The van der Waals surface area contributed by atoms with E-state index in [1.807, 2.05) is 12.1 Å². The Morgan fingerprint density at radius 1 is 1.06 bits per heavy atom. The first kappa shape index (κ1) is 30.5. The normalized spacial score (nSPS) is 9.73. The Kier molecular flexibility index (Phi) is 15.0. The molecule has 0 radical (unpaired) electrons. The molecule has 0 saturated carbocycles. The molecule has 3 aromatic rings. The fourth-order valence-electron chi connectivity index (χ4n) is 2.89. The van der Waals surface area contributed by atoms with Crippen LogP contribution in [0, 0.1) is 0 Å². The van der Waals surface area contributed by atoms with Crippen molar-refractivity contribution in [2.24, 2.45) is 0 Å². The number of aromatic nitrogens is 3. The summed E-state index contributed by atoms with van der Waals surface area (Å²) in [6.07, 6.45) is 6.78. The van der Waals surface area contributed by atoms with Gasteiger partial charge in [-0.3, -0.25) is 9.78 Å². The van der Waals surface area contributed by atoms with E-state index in [1.54, 1.807) is 37.8 Å². The summed E-state index contributed by atoms with van der Waals surface area (Å²) in [5.41, 5.74) is 9.24. The maximum absolute atomic E-state index is 12.5. The minimum absolute atomic E-state index is 0. The van der Waals surface area contributed by atoms with Gasteiger partial charge >= 0.3 is 0 Å². The number of anilines is 2. The molecule has 4 N–H and O–H groups in total. The highest BCUT2D eigenvalue weighted by Gasteiger charge is 2.15. The molecule has 0 spiro atoms. The molecule has 11 heteroatoms. The van der Waals surface area contributed by atoms with Gasteiger partial charge in [-0.1, -0.05) is 24.3 Å². The maximum atomic E-state index is 12.5. The number of ether oxygens (including phenoxy) is 1. The zero-order valence-electron chi connectivity index (χ0n) is 18.2. The zero-order valence-corrected chi connectivity index (χ0v) is 20.6. The van der Waals surface area contributed by atoms with E-state index in [9.17, 15) is 4.79 Å². The highest BCUT2D eigenvalue weighted by molar-refractivity contribution is 6.05. The molecule has 3 rings (SSSR count). The Morgan fingerprint density at radius 2 is 1.82 bits per heavy atom. The van der Waals surface area contributed by atoms with Crippen LogP contribution in [0.1, 0.15) is 22.5 Å². The fourth-order valence-corrected chi connectivity index (χ4v) is 2.89. The third-order valence-corrected chi connectivity index (χ3v) is 4.49. The largest absolute Gasteiger partial charge is 0.383 e. The van der Waals surface area contributed by atoms with Gasteiger partial charge in [-0.25, -0.2) is 9.97 Å². The second-order valence-corrected chi connectivity index (χ2v) is 6.73. The van der Waals surface area contributed by atoms with Crippen LogP contribution in [0.15, 0.2) is 55.0 Å². The highest BCUT2D eigenvalue weighted by atomic mass is 35.5. The molecular weight excluding hydrogens is 487 g/mol. The Labute approximate surface area is 212 Å². The lowest BCUT2D eigenvalue weighted by Gasteiger charge is -2.09. The van der Waals surface area contributed by atoms with Crippen LogP contribution in [0.5, 0.6) is 0 Å². The number of aryl methyl sites for hydroxylation is 1. The minimum Gasteiger partial charge on any atom is -0.383 e. The SMILES string of the molecule is COCCNCCCc1ccc(-c2cnc(N)c(C(=O)Nc3cccnc3)n2)cc1.Cl.Cl.Cl. The number of rotatable bonds is 10. The molecule has 180 valence electrons. The average molecular weight is 516 g/mol. The highest BCUT2D eigenvalue weighted by Crippen LogP contribution is 2.20. The number of nitrogens with zero attached hydrogens (tertiary/aromatic N) is 3. The van der Waals surface area contributed by atoms with Crippen LogP contribution in [-0.2, 0) is 11.2 Å². The molecule has 0 atom stereocenters. The van der Waals surface area contributed by atoms with Gasteiger partial charge in [0.15, 0.2) is 11.5 Å². The van der Waals surface area contributed by atoms with Gasteiger partial charge in [0.25, 0.3) is 5.91 Å². The molecular formula is C22H29Cl3N6O2. The van der Waals surface area contributed by atoms with E-state index in [4.69, 9.17) is 10.5 Å². The molecule has 8 nitrogen and oxygen atoms in total. The van der Waals surface area contributed by atoms with Crippen LogP contribution in [-0.4, -0.2) is 47.7 Å². The number of methoxy groups -OCH3 is 1. The van der Waals surface area contributed by atoms with Gasteiger partial charge in [0.05, 0.1) is 30.4 Å². The first-order chi connectivity index (χ1) is 14.7. The molecule has 0 saturated heterocycles. The number of amides is 1. The summed E-state index contributed by atoms with van der Waals surface area (Å²) in [6, 6.07) is 11.6. The van der Waals surface area contributed by atoms with Gasteiger partial charge in [-0.05, 0) is 37.1 Å². The Balaban J connectivity index is 0.00000341. The van der Waals surface area contributed by atoms with Gasteiger partial charge < -0.3 is 21.1 Å². The van der Waals surface area contributed by atoms with Crippen LogP contribution in [0.2, 0.25) is 0 Å². The number of benzene rings is 1. The third-order valence-electron chi connectivity index (χ3n) is 4.49. The lowest BCUT2D eigenvalue weighted by Crippen LogP contribution is -2.20. The van der Waals surface area contributed by atoms with Crippen molar-refractivity contribution >= 4 is 54.6 Å². The number of nitrogens with two attached hydrogens (primary N) is 1. The monoisotopic (exact) mass is 514 g/mol. The van der Waals surface area contributed by atoms with Crippen LogP contribution < -0.4 is 16.4 Å². The molecule has 0 aliphatic heterocycles. The smallest absolute Gasteiger partial charge is 0.278 e. The van der Waals surface area contributed by atoms with Crippen LogP contribution in [0.25, 0.3) is 11.3 Å². The molecule has 2 heterocycles. The Bertz CT molecular complexity index is 962. The van der Waals surface area contributed by atoms with E-state index < -0.39 is 5.91 Å². The van der Waals surface area contributed by atoms with Gasteiger partial charge in [-0.2, -0.15) is 0 Å². The van der Waals surface area contributed by atoms with Crippen LogP contribution >= 0.6 is 37.2 Å². The number of hydrogen-bond donors (Lipinski definition) is 3. The predicted molar refractivity (Wildman–Crippen MR) is 139 cm³/mol. The topological polar surface area (TPSA) is 115 Å². The summed E-state index contributed by atoms with van der Waals surface area (Å²) in [5.74, 6) is -0.342. The van der Waals surface area contributed by atoms with E-state index in [0.29, 0.717) is 11.4 Å². The number of pyridine rings is 1. The maximum Gasteiger partial charge on any atom is 0.278 e. The summed E-state index contributed by atoms with van der Waals surface area (Å²) in [5, 5.41) is 6.07. The standard InChI is InChI=1S/C22H26N6O2.3ClH/c1-30-13-12-24-10-2-4-16-6-8-17(9-7-16)19-15-26-21(23)20(28-19)22(29)27-18-5-3-11-25-14-18;;;/h3,5-9,11,14-15,24H,2,4,10,12-13H2,1H3,(H2,23,26)(H,27,29);3*1H.